The number of hydrogen-bond acceptors (Lipinski definition) is 13. The number of imidazole rings is 1. The SMILES string of the molecule is Cc1cc(F)c(Nc2nc(-c3ccc4c(c3)N([C@H]3C[C@@H](N5CCCCC5)C3)C(=O)C43CCN(C(=O)C4(C)CCN(C(=O)C5CCN(c6ccc7c(c6)C(=O)N(C6CCC(=O)NC6=O)C7=O)CC5)CC4)CC3)cc3ncn(C(C)C)c23)cc1C(=O)NC(C)C. The molecule has 9 heterocycles. The summed E-state index contributed by atoms with van der Waals surface area (Å²) in [4.78, 5) is 131. The van der Waals surface area contributed by atoms with Gasteiger partial charge in [-0.3, -0.25) is 48.6 Å². The number of benzene rings is 3. The van der Waals surface area contributed by atoms with Gasteiger partial charge in [0.2, 0.25) is 29.5 Å². The van der Waals surface area contributed by atoms with Crippen LogP contribution in [0.5, 0.6) is 0 Å². The second-order valence-corrected chi connectivity index (χ2v) is 26.9. The molecule has 3 aromatic carbocycles. The van der Waals surface area contributed by atoms with E-state index in [0.29, 0.717) is 118 Å². The molecular formula is C67H79FN12O8. The smallest absolute Gasteiger partial charge is 0.262 e. The third-order valence-corrected chi connectivity index (χ3v) is 20.6. The first kappa shape index (κ1) is 58.9. The van der Waals surface area contributed by atoms with E-state index in [9.17, 15) is 33.6 Å². The maximum Gasteiger partial charge on any atom is 0.262 e. The van der Waals surface area contributed by atoms with Crippen LogP contribution in [0, 0.1) is 24.1 Å². The third kappa shape index (κ3) is 10.3. The van der Waals surface area contributed by atoms with Gasteiger partial charge in [0.05, 0.1) is 39.8 Å². The van der Waals surface area contributed by atoms with Crippen molar-refractivity contribution in [2.45, 2.75) is 161 Å². The van der Waals surface area contributed by atoms with E-state index in [1.807, 2.05) is 61.1 Å². The number of carbonyl (C=O) groups excluding carboxylic acids is 8. The quantitative estimate of drug-likeness (QED) is 0.100. The average Bonchev–Trinajstić information content (AvgIpc) is 1.58. The summed E-state index contributed by atoms with van der Waals surface area (Å²) in [6.07, 6.45) is 10.5. The monoisotopic (exact) mass is 1200 g/mol. The number of piperidine rings is 5. The number of amides is 8. The first-order chi connectivity index (χ1) is 42.2. The van der Waals surface area contributed by atoms with Crippen molar-refractivity contribution in [1.82, 2.24) is 44.8 Å². The average molecular weight is 1200 g/mol. The Morgan fingerprint density at radius 3 is 2.15 bits per heavy atom. The summed E-state index contributed by atoms with van der Waals surface area (Å²) in [5.74, 6) is -2.61. The molecule has 1 aliphatic carbocycles. The topological polar surface area (TPSA) is 223 Å². The van der Waals surface area contributed by atoms with Crippen molar-refractivity contribution < 1.29 is 42.7 Å². The van der Waals surface area contributed by atoms with Crippen LogP contribution in [0.1, 0.15) is 166 Å². The summed E-state index contributed by atoms with van der Waals surface area (Å²) < 4.78 is 18.0. The number of aryl methyl sites for hydroxylation is 1. The van der Waals surface area contributed by atoms with Crippen LogP contribution >= 0.6 is 0 Å². The molecule has 1 unspecified atom stereocenters. The van der Waals surface area contributed by atoms with E-state index >= 15 is 9.18 Å². The molecule has 5 saturated heterocycles. The molecule has 20 nitrogen and oxygen atoms in total. The van der Waals surface area contributed by atoms with Crippen LogP contribution < -0.4 is 25.8 Å². The molecule has 3 N–H and O–H groups in total. The van der Waals surface area contributed by atoms with E-state index in [4.69, 9.17) is 9.97 Å². The Labute approximate surface area is 511 Å². The largest absolute Gasteiger partial charge is 0.371 e. The molecule has 8 aliphatic rings. The Hall–Kier alpha value is -8.07. The van der Waals surface area contributed by atoms with Crippen molar-refractivity contribution in [3.8, 4) is 11.3 Å². The predicted molar refractivity (Wildman–Crippen MR) is 330 cm³/mol. The van der Waals surface area contributed by atoms with Crippen molar-refractivity contribution in [1.29, 1.82) is 0 Å². The predicted octanol–water partition coefficient (Wildman–Crippen LogP) is 8.18. The second-order valence-electron chi connectivity index (χ2n) is 26.9. The van der Waals surface area contributed by atoms with Crippen LogP contribution in [0.2, 0.25) is 0 Å². The number of anilines is 4. The lowest BCUT2D eigenvalue weighted by molar-refractivity contribution is -0.150. The van der Waals surface area contributed by atoms with E-state index in [1.165, 1.54) is 31.4 Å². The molecule has 7 aliphatic heterocycles. The number of halogens is 1. The molecule has 6 fully saturated rings. The van der Waals surface area contributed by atoms with Crippen LogP contribution in [0.15, 0.2) is 60.9 Å². The van der Waals surface area contributed by atoms with Gasteiger partial charge >= 0.3 is 0 Å². The summed E-state index contributed by atoms with van der Waals surface area (Å²) in [6.45, 7) is 16.7. The summed E-state index contributed by atoms with van der Waals surface area (Å²) in [6, 6.07) is 15.4. The van der Waals surface area contributed by atoms with E-state index in [-0.39, 0.29) is 77.3 Å². The molecule has 13 rings (SSSR count). The Morgan fingerprint density at radius 1 is 0.750 bits per heavy atom. The molecule has 8 amide bonds. The Morgan fingerprint density at radius 2 is 1.45 bits per heavy atom. The van der Waals surface area contributed by atoms with Gasteiger partial charge in [-0.15, -0.1) is 0 Å². The molecule has 462 valence electrons. The molecule has 2 aromatic heterocycles. The zero-order valence-corrected chi connectivity index (χ0v) is 51.3. The van der Waals surface area contributed by atoms with Crippen LogP contribution in [0.4, 0.5) is 27.3 Å². The molecule has 21 heteroatoms. The number of fused-ring (bicyclic) bond motifs is 4. The lowest BCUT2D eigenvalue weighted by atomic mass is 9.72. The third-order valence-electron chi connectivity index (χ3n) is 20.6. The van der Waals surface area contributed by atoms with Gasteiger partial charge in [-0.2, -0.15) is 0 Å². The number of rotatable bonds is 12. The number of nitrogens with one attached hydrogen (secondary N) is 3. The summed E-state index contributed by atoms with van der Waals surface area (Å²) in [5.41, 5.74) is 5.19. The Bertz CT molecular complexity index is 3710. The van der Waals surface area contributed by atoms with Crippen molar-refractivity contribution >= 4 is 81.2 Å². The first-order valence-corrected chi connectivity index (χ1v) is 31.9. The van der Waals surface area contributed by atoms with Crippen LogP contribution in [0.3, 0.4) is 0 Å². The summed E-state index contributed by atoms with van der Waals surface area (Å²) in [5, 5.41) is 8.44. The summed E-state index contributed by atoms with van der Waals surface area (Å²) in [7, 11) is 0. The molecule has 5 aromatic rings. The Balaban J connectivity index is 0.690. The van der Waals surface area contributed by atoms with Crippen LogP contribution in [0.25, 0.3) is 22.3 Å². The lowest BCUT2D eigenvalue weighted by Crippen LogP contribution is -2.59. The number of carbonyl (C=O) groups is 8. The maximum absolute atomic E-state index is 16.0. The van der Waals surface area contributed by atoms with E-state index in [1.54, 1.807) is 31.5 Å². The van der Waals surface area contributed by atoms with Gasteiger partial charge in [-0.1, -0.05) is 25.5 Å². The number of likely N-dealkylation sites (tertiary alicyclic amines) is 3. The normalized spacial score (nSPS) is 23.1. The number of pyridine rings is 1. The fourth-order valence-electron chi connectivity index (χ4n) is 15.3. The first-order valence-electron chi connectivity index (χ1n) is 31.9. The molecule has 1 spiro atoms. The number of hydrogen-bond donors (Lipinski definition) is 3. The maximum atomic E-state index is 16.0. The fraction of sp³-hybridized carbons (Fsp3) is 0.522. The van der Waals surface area contributed by atoms with Gasteiger partial charge < -0.3 is 39.7 Å². The van der Waals surface area contributed by atoms with Gasteiger partial charge in [0.1, 0.15) is 17.4 Å². The molecule has 0 bridgehead atoms. The minimum absolute atomic E-state index is 0.000286. The lowest BCUT2D eigenvalue weighted by Gasteiger charge is -2.48. The highest BCUT2D eigenvalue weighted by Gasteiger charge is 2.57. The fourth-order valence-corrected chi connectivity index (χ4v) is 15.3. The van der Waals surface area contributed by atoms with Gasteiger partial charge in [0.25, 0.3) is 17.7 Å². The standard InChI is InChI=1S/C67H79FN12O8/c1-38(2)70-59(82)47-35-52(50(68)30-40(47)5)72-58-57-53(69-37-78(57)39(3)4)36-51(71-58)42-10-13-49-55(31-42)79(45-32-44(33-45)74-22-8-7-9-23-74)65(88)67(49)20-28-77(29-21-67)64(87)66(6)18-26-76(27-19-66)61(84)41-16-24-75(25-17-41)43-11-12-46-48(34-43)63(86)80(62(46)85)54-14-15-56(81)73-60(54)83/h10-13,30-31,34-39,41,44-45,54H,7-9,14-29,32-33H2,1-6H3,(H,70,82)(H,71,72)(H,73,81,83)/t44-,45+,54?. The highest BCUT2D eigenvalue weighted by molar-refractivity contribution is 6.24. The van der Waals surface area contributed by atoms with Crippen LogP contribution in [-0.2, 0) is 29.4 Å². The van der Waals surface area contributed by atoms with Gasteiger partial charge in [0, 0.05) is 104 Å². The van der Waals surface area contributed by atoms with Crippen molar-refractivity contribution in [2.24, 2.45) is 11.3 Å². The van der Waals surface area contributed by atoms with Gasteiger partial charge in [-0.05, 0) is 172 Å². The second kappa shape index (κ2) is 22.8. The van der Waals surface area contributed by atoms with Gasteiger partial charge in [0.15, 0.2) is 5.82 Å². The zero-order chi connectivity index (χ0) is 61.7. The Kier molecular flexibility index (Phi) is 15.3. The minimum Gasteiger partial charge on any atom is -0.371 e. The highest BCUT2D eigenvalue weighted by atomic mass is 19.1. The van der Waals surface area contributed by atoms with E-state index in [0.717, 1.165) is 53.3 Å². The molecule has 88 heavy (non-hydrogen) atoms. The number of imide groups is 2. The zero-order valence-electron chi connectivity index (χ0n) is 51.3. The van der Waals surface area contributed by atoms with Crippen molar-refractivity contribution in [3.05, 3.63) is 94.6 Å². The highest BCUT2D eigenvalue weighted by Crippen LogP contribution is 2.53. The molecule has 1 atom stereocenters. The van der Waals surface area contributed by atoms with E-state index in [2.05, 4.69) is 42.8 Å². The van der Waals surface area contributed by atoms with Crippen molar-refractivity contribution in [3.63, 3.8) is 0 Å². The molecule has 1 saturated carbocycles. The molecule has 0 radical (unpaired) electrons. The van der Waals surface area contributed by atoms with Gasteiger partial charge in [-0.25, -0.2) is 14.4 Å². The van der Waals surface area contributed by atoms with Crippen molar-refractivity contribution in [2.75, 3.05) is 67.5 Å². The molecular weight excluding hydrogens is 1120 g/mol. The summed E-state index contributed by atoms with van der Waals surface area (Å²) >= 11 is 0. The van der Waals surface area contributed by atoms with Crippen LogP contribution in [-0.4, -0.2) is 158 Å². The minimum atomic E-state index is -1.04. The number of nitrogens with zero attached hydrogens (tertiary/aromatic N) is 9. The van der Waals surface area contributed by atoms with E-state index < -0.39 is 46.3 Å². The number of aromatic nitrogens is 3.